The molecule has 0 radical (unpaired) electrons. The predicted molar refractivity (Wildman–Crippen MR) is 123 cm³/mol. The van der Waals surface area contributed by atoms with Crippen LogP contribution in [-0.4, -0.2) is 34.1 Å². The molecule has 162 valence electrons. The van der Waals surface area contributed by atoms with Gasteiger partial charge in [-0.25, -0.2) is 4.79 Å². The summed E-state index contributed by atoms with van der Waals surface area (Å²) in [4.78, 5) is 29.0. The minimum absolute atomic E-state index is 0.123. The number of nitriles is 1. The van der Waals surface area contributed by atoms with E-state index in [2.05, 4.69) is 14.7 Å². The van der Waals surface area contributed by atoms with Crippen LogP contribution in [0.5, 0.6) is 11.5 Å². The molecule has 2 aromatic carbocycles. The van der Waals surface area contributed by atoms with E-state index in [0.29, 0.717) is 33.8 Å². The Bertz CT molecular complexity index is 1190. The highest BCUT2D eigenvalue weighted by Crippen LogP contribution is 2.30. The highest BCUT2D eigenvalue weighted by atomic mass is 32.2. The molecule has 1 amide bonds. The number of carbonyl (C=O) groups excluding carboxylic acids is 2. The van der Waals surface area contributed by atoms with E-state index in [-0.39, 0.29) is 11.3 Å². The largest absolute Gasteiger partial charge is 0.490 e. The summed E-state index contributed by atoms with van der Waals surface area (Å²) in [6, 6.07) is 15.2. The van der Waals surface area contributed by atoms with E-state index in [1.54, 1.807) is 55.5 Å². The first-order valence-electron chi connectivity index (χ1n) is 9.39. The second-order valence-corrected chi connectivity index (χ2v) is 7.63. The van der Waals surface area contributed by atoms with Crippen molar-refractivity contribution in [1.82, 2.24) is 9.36 Å². The van der Waals surface area contributed by atoms with E-state index < -0.39 is 11.9 Å². The first-order valence-corrected chi connectivity index (χ1v) is 11.4. The average Bonchev–Trinajstić information content (AvgIpc) is 3.27. The standard InChI is InChI=1S/C22H18N4O4S2/c1-3-29-18-12-14(9-10-17(18)30-20(28)15-7-5-4-6-8-15)11-16(13-23)19(27)24-21-25-22(31-2)26-32-21/h4-12H,3H2,1-2H3,(H,24,25,26,27). The minimum atomic E-state index is -0.603. The Kier molecular flexibility index (Phi) is 7.96. The highest BCUT2D eigenvalue weighted by molar-refractivity contribution is 7.98. The van der Waals surface area contributed by atoms with Crippen LogP contribution in [-0.2, 0) is 4.79 Å². The molecule has 32 heavy (non-hydrogen) atoms. The maximum Gasteiger partial charge on any atom is 0.343 e. The molecule has 1 N–H and O–H groups in total. The second kappa shape index (κ2) is 11.1. The van der Waals surface area contributed by atoms with Crippen LogP contribution < -0.4 is 14.8 Å². The third kappa shape index (κ3) is 5.94. The SMILES string of the molecule is CCOc1cc(C=C(C#N)C(=O)Nc2nc(SC)ns2)ccc1OC(=O)c1ccccc1. The molecule has 8 nitrogen and oxygen atoms in total. The van der Waals surface area contributed by atoms with Crippen molar-refractivity contribution in [2.45, 2.75) is 12.1 Å². The smallest absolute Gasteiger partial charge is 0.343 e. The normalized spacial score (nSPS) is 10.8. The Morgan fingerprint density at radius 1 is 1.22 bits per heavy atom. The van der Waals surface area contributed by atoms with Crippen molar-refractivity contribution < 1.29 is 19.1 Å². The number of ether oxygens (including phenoxy) is 2. The lowest BCUT2D eigenvalue weighted by Gasteiger charge is -2.11. The summed E-state index contributed by atoms with van der Waals surface area (Å²) in [5.41, 5.74) is 0.813. The van der Waals surface area contributed by atoms with Crippen LogP contribution in [0.4, 0.5) is 5.13 Å². The van der Waals surface area contributed by atoms with Gasteiger partial charge in [0.25, 0.3) is 5.91 Å². The molecule has 0 saturated heterocycles. The summed E-state index contributed by atoms with van der Waals surface area (Å²) in [7, 11) is 0. The molecular formula is C22H18N4O4S2. The number of hydrogen-bond donors (Lipinski definition) is 1. The van der Waals surface area contributed by atoms with E-state index in [1.807, 2.05) is 12.3 Å². The zero-order valence-electron chi connectivity index (χ0n) is 17.2. The molecular weight excluding hydrogens is 448 g/mol. The number of nitrogens with zero attached hydrogens (tertiary/aromatic N) is 3. The first-order chi connectivity index (χ1) is 15.5. The van der Waals surface area contributed by atoms with Crippen molar-refractivity contribution in [2.75, 3.05) is 18.2 Å². The van der Waals surface area contributed by atoms with Crippen LogP contribution >= 0.6 is 23.3 Å². The molecule has 0 aliphatic rings. The van der Waals surface area contributed by atoms with Crippen LogP contribution in [0.25, 0.3) is 6.08 Å². The maximum absolute atomic E-state index is 12.5. The quantitative estimate of drug-likeness (QED) is 0.171. The Labute approximate surface area is 193 Å². The van der Waals surface area contributed by atoms with Gasteiger partial charge in [-0.2, -0.15) is 14.6 Å². The number of anilines is 1. The average molecular weight is 467 g/mol. The number of benzene rings is 2. The highest BCUT2D eigenvalue weighted by Gasteiger charge is 2.15. The second-order valence-electron chi connectivity index (χ2n) is 6.10. The van der Waals surface area contributed by atoms with Crippen molar-refractivity contribution in [2.24, 2.45) is 0 Å². The van der Waals surface area contributed by atoms with Gasteiger partial charge in [-0.1, -0.05) is 36.0 Å². The van der Waals surface area contributed by atoms with Crippen molar-refractivity contribution in [3.63, 3.8) is 0 Å². The van der Waals surface area contributed by atoms with Gasteiger partial charge in [0.2, 0.25) is 10.3 Å². The predicted octanol–water partition coefficient (Wildman–Crippen LogP) is 4.42. The molecule has 3 rings (SSSR count). The van der Waals surface area contributed by atoms with Crippen LogP contribution in [0.15, 0.2) is 59.3 Å². The molecule has 0 fully saturated rings. The summed E-state index contributed by atoms with van der Waals surface area (Å²) in [6.45, 7) is 2.13. The monoisotopic (exact) mass is 466 g/mol. The summed E-state index contributed by atoms with van der Waals surface area (Å²) in [5, 5.41) is 12.8. The van der Waals surface area contributed by atoms with Gasteiger partial charge < -0.3 is 9.47 Å². The lowest BCUT2D eigenvalue weighted by Crippen LogP contribution is -2.13. The molecule has 0 spiro atoms. The van der Waals surface area contributed by atoms with Crippen LogP contribution in [0.1, 0.15) is 22.8 Å². The molecule has 1 heterocycles. The fourth-order valence-corrected chi connectivity index (χ4v) is 3.64. The van der Waals surface area contributed by atoms with Crippen molar-refractivity contribution in [3.05, 3.63) is 65.2 Å². The van der Waals surface area contributed by atoms with Crippen LogP contribution in [0.3, 0.4) is 0 Å². The van der Waals surface area contributed by atoms with Gasteiger partial charge in [0.15, 0.2) is 11.5 Å². The topological polar surface area (TPSA) is 114 Å². The number of amides is 1. The molecule has 0 atom stereocenters. The molecule has 3 aromatic rings. The molecule has 0 saturated carbocycles. The van der Waals surface area contributed by atoms with Gasteiger partial charge in [-0.3, -0.25) is 10.1 Å². The van der Waals surface area contributed by atoms with Crippen molar-refractivity contribution in [1.29, 1.82) is 5.26 Å². The Morgan fingerprint density at radius 2 is 2.00 bits per heavy atom. The van der Waals surface area contributed by atoms with Gasteiger partial charge in [0, 0.05) is 11.5 Å². The summed E-state index contributed by atoms with van der Waals surface area (Å²) >= 11 is 2.38. The number of hydrogen-bond acceptors (Lipinski definition) is 9. The number of esters is 1. The first kappa shape index (κ1) is 23.0. The summed E-state index contributed by atoms with van der Waals surface area (Å²) in [6.07, 6.45) is 3.24. The zero-order chi connectivity index (χ0) is 22.9. The minimum Gasteiger partial charge on any atom is -0.490 e. The van der Waals surface area contributed by atoms with E-state index in [9.17, 15) is 14.9 Å². The van der Waals surface area contributed by atoms with Gasteiger partial charge in [0.1, 0.15) is 11.6 Å². The third-order valence-electron chi connectivity index (χ3n) is 3.97. The Balaban J connectivity index is 1.81. The molecule has 0 bridgehead atoms. The fourth-order valence-electron chi connectivity index (χ4n) is 2.52. The van der Waals surface area contributed by atoms with Gasteiger partial charge in [-0.15, -0.1) is 0 Å². The fraction of sp³-hybridized carbons (Fsp3) is 0.136. The maximum atomic E-state index is 12.5. The van der Waals surface area contributed by atoms with Gasteiger partial charge in [0.05, 0.1) is 12.2 Å². The summed E-state index contributed by atoms with van der Waals surface area (Å²) in [5.74, 6) is -0.571. The van der Waals surface area contributed by atoms with Crippen molar-refractivity contribution >= 4 is 46.4 Å². The molecule has 0 aliphatic heterocycles. The molecule has 1 aromatic heterocycles. The van der Waals surface area contributed by atoms with E-state index in [1.165, 1.54) is 17.8 Å². The van der Waals surface area contributed by atoms with E-state index in [4.69, 9.17) is 9.47 Å². The van der Waals surface area contributed by atoms with Crippen molar-refractivity contribution in [3.8, 4) is 17.6 Å². The number of nitrogens with one attached hydrogen (secondary N) is 1. The lowest BCUT2D eigenvalue weighted by atomic mass is 10.1. The number of rotatable bonds is 8. The van der Waals surface area contributed by atoms with E-state index >= 15 is 0 Å². The Morgan fingerprint density at radius 3 is 2.66 bits per heavy atom. The van der Waals surface area contributed by atoms with Gasteiger partial charge in [-0.05, 0) is 49.1 Å². The zero-order valence-corrected chi connectivity index (χ0v) is 18.8. The van der Waals surface area contributed by atoms with E-state index in [0.717, 1.165) is 11.5 Å². The number of carbonyl (C=O) groups is 2. The number of aromatic nitrogens is 2. The lowest BCUT2D eigenvalue weighted by molar-refractivity contribution is -0.112. The van der Waals surface area contributed by atoms with Gasteiger partial charge >= 0.3 is 5.97 Å². The molecule has 0 unspecified atom stereocenters. The summed E-state index contributed by atoms with van der Waals surface area (Å²) < 4.78 is 15.1. The molecule has 10 heteroatoms. The Hall–Kier alpha value is -3.68. The number of thioether (sulfide) groups is 1. The van der Waals surface area contributed by atoms with Crippen LogP contribution in [0.2, 0.25) is 0 Å². The third-order valence-corrected chi connectivity index (χ3v) is 5.26. The molecule has 0 aliphatic carbocycles. The van der Waals surface area contributed by atoms with Crippen LogP contribution in [0, 0.1) is 11.3 Å².